The number of likely N-dealkylation sites (tertiary alicyclic amines) is 1. The van der Waals surface area contributed by atoms with E-state index in [-0.39, 0.29) is 24.3 Å². The van der Waals surface area contributed by atoms with E-state index in [1.54, 1.807) is 19.2 Å². The van der Waals surface area contributed by atoms with Gasteiger partial charge in [0.05, 0.1) is 11.5 Å². The number of nitrogens with zero attached hydrogens (tertiary/aromatic N) is 1. The number of hydrogen-bond donors (Lipinski definition) is 1. The first-order valence-corrected chi connectivity index (χ1v) is 11.7. The van der Waals surface area contributed by atoms with E-state index < -0.39 is 11.7 Å². The third-order valence-electron chi connectivity index (χ3n) is 6.78. The molecule has 2 fully saturated rings. The normalized spacial score (nSPS) is 18.1. The number of alkyl halides is 3. The van der Waals surface area contributed by atoms with Crippen molar-refractivity contribution < 1.29 is 22.7 Å². The third-order valence-corrected chi connectivity index (χ3v) is 6.78. The van der Waals surface area contributed by atoms with Crippen molar-refractivity contribution >= 4 is 5.91 Å². The quantitative estimate of drug-likeness (QED) is 0.593. The van der Waals surface area contributed by atoms with Crippen molar-refractivity contribution in [3.05, 3.63) is 64.7 Å². The van der Waals surface area contributed by atoms with Gasteiger partial charge < -0.3 is 10.1 Å². The second-order valence-electron chi connectivity index (χ2n) is 9.19. The van der Waals surface area contributed by atoms with Crippen LogP contribution in [0.15, 0.2) is 42.5 Å². The lowest BCUT2D eigenvalue weighted by molar-refractivity contribution is -0.138. The predicted octanol–water partition coefficient (Wildman–Crippen LogP) is 5.51. The van der Waals surface area contributed by atoms with Crippen molar-refractivity contribution in [1.82, 2.24) is 10.2 Å². The number of hydrogen-bond acceptors (Lipinski definition) is 3. The molecule has 4 rings (SSSR count). The summed E-state index contributed by atoms with van der Waals surface area (Å²) in [6.45, 7) is 2.34. The van der Waals surface area contributed by atoms with Gasteiger partial charge in [0, 0.05) is 26.7 Å². The van der Waals surface area contributed by atoms with Gasteiger partial charge in [0.1, 0.15) is 12.4 Å². The first-order valence-electron chi connectivity index (χ1n) is 11.7. The van der Waals surface area contributed by atoms with E-state index in [2.05, 4.69) is 10.2 Å². The summed E-state index contributed by atoms with van der Waals surface area (Å²) in [6, 6.07) is 12.3. The van der Waals surface area contributed by atoms with Crippen molar-refractivity contribution in [2.45, 2.75) is 57.3 Å². The van der Waals surface area contributed by atoms with E-state index in [0.29, 0.717) is 16.9 Å². The highest BCUT2D eigenvalue weighted by molar-refractivity contribution is 5.79. The van der Waals surface area contributed by atoms with Crippen LogP contribution in [-0.4, -0.2) is 30.9 Å². The van der Waals surface area contributed by atoms with Crippen molar-refractivity contribution in [3.63, 3.8) is 0 Å². The monoisotopic (exact) mass is 460 g/mol. The molecule has 2 aromatic rings. The fourth-order valence-corrected chi connectivity index (χ4v) is 4.89. The molecule has 1 N–H and O–H groups in total. The molecule has 0 spiro atoms. The maximum atomic E-state index is 13.8. The summed E-state index contributed by atoms with van der Waals surface area (Å²) in [5.41, 5.74) is 1.54. The number of halogens is 3. The minimum atomic E-state index is -4.36. The Morgan fingerprint density at radius 1 is 1.03 bits per heavy atom. The Hall–Kier alpha value is -2.54. The van der Waals surface area contributed by atoms with E-state index in [1.165, 1.54) is 6.07 Å². The molecule has 2 aliphatic rings. The molecular weight excluding hydrogens is 429 g/mol. The maximum Gasteiger partial charge on any atom is 0.416 e. The molecule has 1 saturated carbocycles. The molecule has 1 aliphatic carbocycles. The molecule has 0 bridgehead atoms. The standard InChI is InChI=1S/C26H31F3N2O2/c1-30-25(32)21-15-31(16-21)14-18-7-10-22(11-8-18)33-17-19-9-12-23(20-5-3-2-4-6-20)24(13-19)26(27,28)29/h7-13,20-21H,2-6,14-17H2,1H3,(H,30,32). The Labute approximate surface area is 193 Å². The highest BCUT2D eigenvalue weighted by Gasteiger charge is 2.36. The van der Waals surface area contributed by atoms with Crippen LogP contribution < -0.4 is 10.1 Å². The molecule has 1 heterocycles. The van der Waals surface area contributed by atoms with Crippen molar-refractivity contribution in [3.8, 4) is 5.75 Å². The van der Waals surface area contributed by atoms with Gasteiger partial charge in [-0.1, -0.05) is 43.5 Å². The van der Waals surface area contributed by atoms with Gasteiger partial charge in [-0.15, -0.1) is 0 Å². The number of nitrogens with one attached hydrogen (secondary N) is 1. The van der Waals surface area contributed by atoms with Gasteiger partial charge in [-0.25, -0.2) is 0 Å². The van der Waals surface area contributed by atoms with Crippen molar-refractivity contribution in [2.75, 3.05) is 20.1 Å². The zero-order chi connectivity index (χ0) is 23.4. The molecule has 33 heavy (non-hydrogen) atoms. The molecule has 178 valence electrons. The zero-order valence-electron chi connectivity index (χ0n) is 19.0. The first-order chi connectivity index (χ1) is 15.8. The smallest absolute Gasteiger partial charge is 0.416 e. The number of carbonyl (C=O) groups is 1. The summed E-state index contributed by atoms with van der Waals surface area (Å²) in [7, 11) is 1.65. The van der Waals surface area contributed by atoms with Gasteiger partial charge in [0.15, 0.2) is 0 Å². The number of benzene rings is 2. The summed E-state index contributed by atoms with van der Waals surface area (Å²) in [6.07, 6.45) is 0.393. The average Bonchev–Trinajstić information content (AvgIpc) is 2.80. The van der Waals surface area contributed by atoms with Gasteiger partial charge in [-0.2, -0.15) is 13.2 Å². The molecule has 2 aromatic carbocycles. The SMILES string of the molecule is CNC(=O)C1CN(Cc2ccc(OCc3ccc(C4CCCCC4)c(C(F)(F)F)c3)cc2)C1. The molecule has 1 amide bonds. The number of ether oxygens (including phenoxy) is 1. The molecule has 1 aliphatic heterocycles. The fraction of sp³-hybridized carbons (Fsp3) is 0.500. The molecule has 0 aromatic heterocycles. The first kappa shape index (κ1) is 23.6. The van der Waals surface area contributed by atoms with Crippen LogP contribution in [0.4, 0.5) is 13.2 Å². The van der Waals surface area contributed by atoms with Crippen LogP contribution in [0.25, 0.3) is 0 Å². The highest BCUT2D eigenvalue weighted by Crippen LogP contribution is 2.41. The lowest BCUT2D eigenvalue weighted by Crippen LogP contribution is -2.52. The lowest BCUT2D eigenvalue weighted by atomic mass is 9.81. The molecule has 0 radical (unpaired) electrons. The van der Waals surface area contributed by atoms with E-state index in [9.17, 15) is 18.0 Å². The van der Waals surface area contributed by atoms with Gasteiger partial charge in [0.2, 0.25) is 5.91 Å². The van der Waals surface area contributed by atoms with Crippen LogP contribution >= 0.6 is 0 Å². The number of amides is 1. The van der Waals surface area contributed by atoms with E-state index >= 15 is 0 Å². The third kappa shape index (κ3) is 5.88. The molecular formula is C26H31F3N2O2. The van der Waals surface area contributed by atoms with Crippen molar-refractivity contribution in [1.29, 1.82) is 0 Å². The lowest BCUT2D eigenvalue weighted by Gasteiger charge is -2.38. The Balaban J connectivity index is 1.34. The summed E-state index contributed by atoms with van der Waals surface area (Å²) < 4.78 is 47.0. The Bertz CT molecular complexity index is 947. The minimum absolute atomic E-state index is 0.00377. The van der Waals surface area contributed by atoms with Gasteiger partial charge in [0.25, 0.3) is 0 Å². The van der Waals surface area contributed by atoms with Crippen LogP contribution in [0.1, 0.15) is 60.3 Å². The van der Waals surface area contributed by atoms with Gasteiger partial charge in [-0.05, 0) is 53.6 Å². The summed E-state index contributed by atoms with van der Waals surface area (Å²) in [4.78, 5) is 13.8. The highest BCUT2D eigenvalue weighted by atomic mass is 19.4. The van der Waals surface area contributed by atoms with Crippen LogP contribution in [0.2, 0.25) is 0 Å². The second-order valence-corrected chi connectivity index (χ2v) is 9.19. The minimum Gasteiger partial charge on any atom is -0.489 e. The van der Waals surface area contributed by atoms with Crippen LogP contribution in [0.3, 0.4) is 0 Å². The van der Waals surface area contributed by atoms with Crippen LogP contribution in [0, 0.1) is 5.92 Å². The van der Waals surface area contributed by atoms with Gasteiger partial charge >= 0.3 is 6.18 Å². The summed E-state index contributed by atoms with van der Waals surface area (Å²) in [5, 5.41) is 2.67. The molecule has 0 unspecified atom stereocenters. The summed E-state index contributed by atoms with van der Waals surface area (Å²) >= 11 is 0. The Kier molecular flexibility index (Phi) is 7.27. The van der Waals surface area contributed by atoms with Crippen molar-refractivity contribution in [2.24, 2.45) is 5.92 Å². The fourth-order valence-electron chi connectivity index (χ4n) is 4.89. The molecule has 0 atom stereocenters. The average molecular weight is 461 g/mol. The number of carbonyl (C=O) groups excluding carboxylic acids is 1. The Morgan fingerprint density at radius 3 is 2.33 bits per heavy atom. The molecule has 4 nitrogen and oxygen atoms in total. The van der Waals surface area contributed by atoms with Crippen LogP contribution in [-0.2, 0) is 24.1 Å². The largest absolute Gasteiger partial charge is 0.489 e. The van der Waals surface area contributed by atoms with Gasteiger partial charge in [-0.3, -0.25) is 9.69 Å². The zero-order valence-corrected chi connectivity index (χ0v) is 19.0. The predicted molar refractivity (Wildman–Crippen MR) is 121 cm³/mol. The van der Waals surface area contributed by atoms with Crippen LogP contribution in [0.5, 0.6) is 5.75 Å². The topological polar surface area (TPSA) is 41.6 Å². The van der Waals surface area contributed by atoms with E-state index in [0.717, 1.165) is 57.3 Å². The second kappa shape index (κ2) is 10.2. The molecule has 7 heteroatoms. The maximum absolute atomic E-state index is 13.8. The van der Waals surface area contributed by atoms with E-state index in [4.69, 9.17) is 4.74 Å². The molecule has 1 saturated heterocycles. The Morgan fingerprint density at radius 2 is 1.70 bits per heavy atom. The van der Waals surface area contributed by atoms with E-state index in [1.807, 2.05) is 24.3 Å². The number of rotatable bonds is 7. The summed E-state index contributed by atoms with van der Waals surface area (Å²) in [5.74, 6) is 0.755.